The molecule has 0 aliphatic heterocycles. The lowest BCUT2D eigenvalue weighted by molar-refractivity contribution is 0.243. The first-order valence-electron chi connectivity index (χ1n) is 4.18. The van der Waals surface area contributed by atoms with Crippen LogP contribution in [0.25, 0.3) is 0 Å². The molecule has 0 aliphatic rings. The Kier molecular flexibility index (Phi) is 4.67. The third-order valence-corrected chi connectivity index (χ3v) is 1.98. The van der Waals surface area contributed by atoms with Gasteiger partial charge in [0, 0.05) is 0 Å². The topological polar surface area (TPSA) is 0 Å². The van der Waals surface area contributed by atoms with Gasteiger partial charge in [0.05, 0.1) is 6.17 Å². The number of alkyl halides is 1. The van der Waals surface area contributed by atoms with Gasteiger partial charge in [0.25, 0.3) is 0 Å². The maximum absolute atomic E-state index is 12.5. The molecule has 0 aromatic carbocycles. The van der Waals surface area contributed by atoms with Gasteiger partial charge in [-0.2, -0.15) is 0 Å². The highest BCUT2D eigenvalue weighted by molar-refractivity contribution is 4.60. The van der Waals surface area contributed by atoms with Crippen molar-refractivity contribution in [1.29, 1.82) is 0 Å². The molecule has 1 heteroatoms. The van der Waals surface area contributed by atoms with E-state index in [1.807, 2.05) is 6.92 Å². The molecule has 0 fully saturated rings. The molecule has 0 nitrogen and oxygen atoms in total. The first-order valence-corrected chi connectivity index (χ1v) is 4.18. The minimum absolute atomic E-state index is 0.238. The van der Waals surface area contributed by atoms with Crippen LogP contribution in [-0.4, -0.2) is 6.17 Å². The summed E-state index contributed by atoms with van der Waals surface area (Å²) >= 11 is 0. The summed E-state index contributed by atoms with van der Waals surface area (Å²) in [4.78, 5) is 0. The molecule has 0 aromatic heterocycles. The van der Waals surface area contributed by atoms with Gasteiger partial charge in [-0.1, -0.05) is 27.2 Å². The Morgan fingerprint density at radius 2 is 1.50 bits per heavy atom. The summed E-state index contributed by atoms with van der Waals surface area (Å²) in [5, 5.41) is 0. The highest BCUT2D eigenvalue weighted by Gasteiger charge is 2.10. The van der Waals surface area contributed by atoms with Crippen LogP contribution in [0.5, 0.6) is 0 Å². The van der Waals surface area contributed by atoms with Gasteiger partial charge in [-0.05, 0) is 25.2 Å². The lowest BCUT2D eigenvalue weighted by atomic mass is 9.96. The summed E-state index contributed by atoms with van der Waals surface area (Å²) in [6.07, 6.45) is 1.53. The fourth-order valence-corrected chi connectivity index (χ4v) is 0.826. The summed E-state index contributed by atoms with van der Waals surface area (Å²) in [6, 6.07) is 0. The van der Waals surface area contributed by atoms with E-state index in [1.54, 1.807) is 6.92 Å². The molecular weight excluding hydrogens is 126 g/mol. The minimum atomic E-state index is -0.640. The Balaban J connectivity index is 3.30. The standard InChI is InChI=1S/C9H19F/c1-7(2)5-6-8(3)9(4)10/h7-9H,5-6H2,1-4H3/t8-,9+/m1/s1/i10-1. The Morgan fingerprint density at radius 1 is 1.00 bits per heavy atom. The van der Waals surface area contributed by atoms with Crippen molar-refractivity contribution in [2.24, 2.45) is 11.8 Å². The SMILES string of the molecule is CC(C)CC[C@@H](C)[C@H](C)[18F]. The molecule has 10 heavy (non-hydrogen) atoms. The monoisotopic (exact) mass is 145 g/mol. The molecule has 62 valence electrons. The van der Waals surface area contributed by atoms with Gasteiger partial charge < -0.3 is 0 Å². The van der Waals surface area contributed by atoms with Gasteiger partial charge in [-0.15, -0.1) is 0 Å². The molecule has 0 saturated carbocycles. The summed E-state index contributed by atoms with van der Waals surface area (Å²) in [5.41, 5.74) is 0. The van der Waals surface area contributed by atoms with E-state index in [2.05, 4.69) is 13.8 Å². The number of halogens is 1. The Bertz CT molecular complexity index is 76.8. The zero-order valence-electron chi connectivity index (χ0n) is 7.52. The van der Waals surface area contributed by atoms with Crippen molar-refractivity contribution < 1.29 is 4.39 Å². The zero-order chi connectivity index (χ0) is 8.15. The van der Waals surface area contributed by atoms with E-state index in [1.165, 1.54) is 0 Å². The van der Waals surface area contributed by atoms with E-state index in [0.29, 0.717) is 5.92 Å². The van der Waals surface area contributed by atoms with Crippen molar-refractivity contribution in [1.82, 2.24) is 0 Å². The van der Waals surface area contributed by atoms with Gasteiger partial charge in [-0.3, -0.25) is 0 Å². The average Bonchev–Trinajstić information content (AvgIpc) is 1.82. The van der Waals surface area contributed by atoms with Gasteiger partial charge >= 0.3 is 0 Å². The molecule has 0 amide bonds. The molecule has 0 saturated heterocycles. The highest BCUT2D eigenvalue weighted by Crippen LogP contribution is 2.16. The normalized spacial score (nSPS) is 17.4. The largest absolute Gasteiger partial charge is 0.248 e. The van der Waals surface area contributed by atoms with Crippen molar-refractivity contribution in [2.75, 3.05) is 0 Å². The third kappa shape index (κ3) is 4.78. The van der Waals surface area contributed by atoms with Crippen LogP contribution >= 0.6 is 0 Å². The van der Waals surface area contributed by atoms with E-state index in [4.69, 9.17) is 0 Å². The van der Waals surface area contributed by atoms with E-state index >= 15 is 0 Å². The molecule has 0 heterocycles. The minimum Gasteiger partial charge on any atom is -0.248 e. The molecule has 0 N–H and O–H groups in total. The quantitative estimate of drug-likeness (QED) is 0.568. The molecule has 0 rings (SSSR count). The molecule has 0 spiro atoms. The molecule has 0 unspecified atom stereocenters. The first-order chi connectivity index (χ1) is 4.54. The van der Waals surface area contributed by atoms with E-state index in [-0.39, 0.29) is 5.92 Å². The van der Waals surface area contributed by atoms with Crippen molar-refractivity contribution in [2.45, 2.75) is 46.7 Å². The lowest BCUT2D eigenvalue weighted by Gasteiger charge is -2.13. The number of hydrogen-bond donors (Lipinski definition) is 0. The summed E-state index contributed by atoms with van der Waals surface area (Å²) in [6.45, 7) is 7.98. The van der Waals surface area contributed by atoms with Crippen molar-refractivity contribution in [3.05, 3.63) is 0 Å². The second kappa shape index (κ2) is 4.70. The fraction of sp³-hybridized carbons (Fsp3) is 1.00. The van der Waals surface area contributed by atoms with Crippen molar-refractivity contribution in [3.8, 4) is 0 Å². The molecule has 0 bridgehead atoms. The van der Waals surface area contributed by atoms with Crippen LogP contribution in [-0.2, 0) is 0 Å². The molecule has 2 atom stereocenters. The van der Waals surface area contributed by atoms with Gasteiger partial charge in [0.2, 0.25) is 0 Å². The maximum atomic E-state index is 12.5. The van der Waals surface area contributed by atoms with Gasteiger partial charge in [0.15, 0.2) is 0 Å². The molecular formula is C9H19F. The Hall–Kier alpha value is -0.0700. The van der Waals surface area contributed by atoms with Crippen LogP contribution < -0.4 is 0 Å². The lowest BCUT2D eigenvalue weighted by Crippen LogP contribution is -2.08. The Labute approximate surface area is 63.8 Å². The average molecular weight is 145 g/mol. The van der Waals surface area contributed by atoms with Gasteiger partial charge in [0.1, 0.15) is 0 Å². The molecule has 0 aromatic rings. The van der Waals surface area contributed by atoms with Crippen LogP contribution in [0.2, 0.25) is 0 Å². The van der Waals surface area contributed by atoms with Crippen LogP contribution in [0.4, 0.5) is 4.39 Å². The highest BCUT2D eigenvalue weighted by atomic mass is 18.2. The zero-order valence-corrected chi connectivity index (χ0v) is 7.52. The van der Waals surface area contributed by atoms with Crippen LogP contribution in [0.3, 0.4) is 0 Å². The smallest absolute Gasteiger partial charge is 0.0998 e. The fourth-order valence-electron chi connectivity index (χ4n) is 0.826. The predicted molar refractivity (Wildman–Crippen MR) is 43.8 cm³/mol. The number of rotatable bonds is 4. The summed E-state index contributed by atoms with van der Waals surface area (Å²) in [5.74, 6) is 0.948. The Morgan fingerprint density at radius 3 is 1.80 bits per heavy atom. The van der Waals surface area contributed by atoms with Crippen molar-refractivity contribution in [3.63, 3.8) is 0 Å². The van der Waals surface area contributed by atoms with Crippen LogP contribution in [0.1, 0.15) is 40.5 Å². The van der Waals surface area contributed by atoms with E-state index < -0.39 is 6.17 Å². The summed E-state index contributed by atoms with van der Waals surface area (Å²) < 4.78 is 12.5. The first kappa shape index (κ1) is 9.93. The van der Waals surface area contributed by atoms with Gasteiger partial charge in [-0.25, -0.2) is 4.39 Å². The van der Waals surface area contributed by atoms with E-state index in [9.17, 15) is 4.39 Å². The molecule has 0 aliphatic carbocycles. The molecule has 0 radical (unpaired) electrons. The maximum Gasteiger partial charge on any atom is 0.0998 e. The summed E-state index contributed by atoms with van der Waals surface area (Å²) in [7, 11) is 0. The predicted octanol–water partition coefficient (Wildman–Crippen LogP) is 3.42. The van der Waals surface area contributed by atoms with Crippen LogP contribution in [0, 0.1) is 11.8 Å². The third-order valence-electron chi connectivity index (χ3n) is 1.98. The second-order valence-electron chi connectivity index (χ2n) is 3.63. The van der Waals surface area contributed by atoms with E-state index in [0.717, 1.165) is 12.8 Å². The number of hydrogen-bond acceptors (Lipinski definition) is 0. The van der Waals surface area contributed by atoms with Crippen molar-refractivity contribution >= 4 is 0 Å². The second-order valence-corrected chi connectivity index (χ2v) is 3.63. The van der Waals surface area contributed by atoms with Crippen LogP contribution in [0.15, 0.2) is 0 Å².